The summed E-state index contributed by atoms with van der Waals surface area (Å²) >= 11 is 0. The van der Waals surface area contributed by atoms with Gasteiger partial charge in [-0.1, -0.05) is 39.8 Å². The fraction of sp³-hybridized carbons (Fsp3) is 0.483. The number of pyridine rings is 1. The number of anilines is 2. The Morgan fingerprint density at radius 2 is 1.31 bits per heavy atom. The van der Waals surface area contributed by atoms with Gasteiger partial charge in [-0.2, -0.15) is 4.57 Å². The van der Waals surface area contributed by atoms with E-state index in [0.717, 1.165) is 51.9 Å². The Hall–Kier alpha value is -2.55. The molecule has 3 nitrogen and oxygen atoms in total. The van der Waals surface area contributed by atoms with E-state index in [1.807, 2.05) is 0 Å². The lowest BCUT2D eigenvalue weighted by Gasteiger charge is -2.30. The number of hydrogen-bond donors (Lipinski definition) is 0. The molecule has 3 rings (SSSR count). The molecule has 0 aliphatic carbocycles. The predicted octanol–water partition coefficient (Wildman–Crippen LogP) is 6.89. The van der Waals surface area contributed by atoms with E-state index < -0.39 is 0 Å². The summed E-state index contributed by atoms with van der Waals surface area (Å²) in [4.78, 5) is 5.17. The largest absolute Gasteiger partial charge is 0.371 e. The molecule has 0 saturated heterocycles. The zero-order valence-electron chi connectivity index (χ0n) is 21.1. The Kier molecular flexibility index (Phi) is 8.55. The average Bonchev–Trinajstić information content (AvgIpc) is 2.80. The highest BCUT2D eigenvalue weighted by atomic mass is 15.1. The summed E-state index contributed by atoms with van der Waals surface area (Å²) < 4.78 is 2.36. The van der Waals surface area contributed by atoms with E-state index in [4.69, 9.17) is 0 Å². The molecule has 172 valence electrons. The summed E-state index contributed by atoms with van der Waals surface area (Å²) in [5.74, 6) is 0. The predicted molar refractivity (Wildman–Crippen MR) is 141 cm³/mol. The molecular formula is C29H42N3+. The summed E-state index contributed by atoms with van der Waals surface area (Å²) in [6, 6.07) is 18.1. The van der Waals surface area contributed by atoms with E-state index >= 15 is 0 Å². The molecule has 0 N–H and O–H groups in total. The van der Waals surface area contributed by atoms with Crippen molar-refractivity contribution in [2.45, 2.75) is 60.3 Å². The number of aryl methyl sites for hydroxylation is 1. The van der Waals surface area contributed by atoms with Gasteiger partial charge >= 0.3 is 0 Å². The Bertz CT molecular complexity index is 1010. The van der Waals surface area contributed by atoms with E-state index in [1.54, 1.807) is 0 Å². The van der Waals surface area contributed by atoms with Crippen LogP contribution >= 0.6 is 0 Å². The monoisotopic (exact) mass is 432 g/mol. The van der Waals surface area contributed by atoms with E-state index in [0.29, 0.717) is 0 Å². The van der Waals surface area contributed by atoms with Crippen LogP contribution in [0.15, 0.2) is 48.5 Å². The zero-order chi connectivity index (χ0) is 23.1. The highest BCUT2D eigenvalue weighted by Crippen LogP contribution is 2.36. The van der Waals surface area contributed by atoms with Gasteiger partial charge in [-0.05, 0) is 62.4 Å². The quantitative estimate of drug-likeness (QED) is 0.305. The maximum Gasteiger partial charge on any atom is 0.213 e. The second-order valence-corrected chi connectivity index (χ2v) is 8.95. The lowest BCUT2D eigenvalue weighted by Crippen LogP contribution is -2.33. The van der Waals surface area contributed by atoms with Crippen molar-refractivity contribution in [1.29, 1.82) is 0 Å². The average molecular weight is 433 g/mol. The van der Waals surface area contributed by atoms with E-state index in [2.05, 4.69) is 105 Å². The van der Waals surface area contributed by atoms with Crippen LogP contribution in [0, 0.1) is 6.92 Å². The van der Waals surface area contributed by atoms with Crippen LogP contribution in [0.4, 0.5) is 11.4 Å². The Labute approximate surface area is 195 Å². The van der Waals surface area contributed by atoms with Crippen molar-refractivity contribution >= 4 is 22.3 Å². The number of hydrogen-bond acceptors (Lipinski definition) is 2. The molecule has 32 heavy (non-hydrogen) atoms. The molecule has 3 aromatic rings. The molecule has 0 aliphatic heterocycles. The summed E-state index contributed by atoms with van der Waals surface area (Å²) in [5, 5.41) is 1.28. The fourth-order valence-electron chi connectivity index (χ4n) is 4.88. The number of nitrogens with zero attached hydrogens (tertiary/aromatic N) is 3. The van der Waals surface area contributed by atoms with Gasteiger partial charge in [0.05, 0.1) is 5.56 Å². The second-order valence-electron chi connectivity index (χ2n) is 8.95. The van der Waals surface area contributed by atoms with E-state index in [9.17, 15) is 0 Å². The first-order valence-electron chi connectivity index (χ1n) is 12.6. The Morgan fingerprint density at radius 3 is 1.94 bits per heavy atom. The van der Waals surface area contributed by atoms with Crippen LogP contribution in [0.3, 0.4) is 0 Å². The highest BCUT2D eigenvalue weighted by molar-refractivity contribution is 5.81. The smallest absolute Gasteiger partial charge is 0.213 e. The first-order valence-corrected chi connectivity index (χ1v) is 12.6. The maximum atomic E-state index is 2.60. The summed E-state index contributed by atoms with van der Waals surface area (Å²) in [6.07, 6.45) is 4.65. The van der Waals surface area contributed by atoms with E-state index in [1.165, 1.54) is 39.1 Å². The van der Waals surface area contributed by atoms with Crippen molar-refractivity contribution in [3.8, 4) is 11.3 Å². The van der Waals surface area contributed by atoms with Crippen molar-refractivity contribution in [2.24, 2.45) is 7.05 Å². The van der Waals surface area contributed by atoms with Gasteiger partial charge in [0.25, 0.3) is 0 Å². The minimum Gasteiger partial charge on any atom is -0.371 e. The first kappa shape index (κ1) is 24.1. The highest BCUT2D eigenvalue weighted by Gasteiger charge is 2.22. The molecule has 1 heterocycles. The van der Waals surface area contributed by atoms with Crippen LogP contribution in [-0.4, -0.2) is 26.2 Å². The topological polar surface area (TPSA) is 10.4 Å². The number of fused-ring (bicyclic) bond motifs is 1. The number of rotatable bonds is 11. The van der Waals surface area contributed by atoms with Crippen molar-refractivity contribution in [2.75, 3.05) is 36.0 Å². The Balaban J connectivity index is 2.25. The summed E-state index contributed by atoms with van der Waals surface area (Å²) in [5.41, 5.74) is 8.04. The zero-order valence-corrected chi connectivity index (χ0v) is 21.1. The van der Waals surface area contributed by atoms with Gasteiger partial charge in [-0.15, -0.1) is 0 Å². The van der Waals surface area contributed by atoms with Gasteiger partial charge < -0.3 is 9.80 Å². The molecule has 2 aromatic carbocycles. The molecule has 0 amide bonds. The fourth-order valence-corrected chi connectivity index (χ4v) is 4.88. The van der Waals surface area contributed by atoms with Crippen molar-refractivity contribution < 1.29 is 4.57 Å². The van der Waals surface area contributed by atoms with Crippen molar-refractivity contribution in [1.82, 2.24) is 0 Å². The number of para-hydroxylation sites is 1. The van der Waals surface area contributed by atoms with E-state index in [-0.39, 0.29) is 0 Å². The third-order valence-corrected chi connectivity index (χ3v) is 6.40. The molecule has 0 unspecified atom stereocenters. The minimum atomic E-state index is 1.10. The van der Waals surface area contributed by atoms with Gasteiger partial charge in [0.15, 0.2) is 0 Å². The van der Waals surface area contributed by atoms with Crippen LogP contribution in [0.5, 0.6) is 0 Å². The van der Waals surface area contributed by atoms with Gasteiger partial charge in [-0.25, -0.2) is 0 Å². The van der Waals surface area contributed by atoms with Gasteiger partial charge in [0.2, 0.25) is 11.2 Å². The van der Waals surface area contributed by atoms with Crippen LogP contribution in [0.1, 0.15) is 58.9 Å². The lowest BCUT2D eigenvalue weighted by molar-refractivity contribution is -0.633. The molecule has 0 bridgehead atoms. The van der Waals surface area contributed by atoms with Gasteiger partial charge in [0, 0.05) is 55.1 Å². The lowest BCUT2D eigenvalue weighted by atomic mass is 9.99. The molecule has 0 fully saturated rings. The SMILES string of the molecule is CCCN(CCC)c1cc(-c2ccc3ccccc3[n+]2C)c(C)c(N(CCC)CCC)c1. The standard InChI is InChI=1S/C29H42N3/c1-7-17-31(18-8-2)25-21-26(23(5)29(22-25)32(19-9-3)20-10-4)28-16-15-24-13-11-12-14-27(24)30(28)6/h11-16,21-22H,7-10,17-20H2,1-6H3/q+1. The molecule has 0 radical (unpaired) electrons. The van der Waals surface area contributed by atoms with Crippen LogP contribution in [-0.2, 0) is 7.05 Å². The first-order chi connectivity index (χ1) is 15.5. The van der Waals surface area contributed by atoms with Crippen molar-refractivity contribution in [3.05, 3.63) is 54.1 Å². The molecule has 3 heteroatoms. The molecule has 0 saturated carbocycles. The third kappa shape index (κ3) is 5.09. The third-order valence-electron chi connectivity index (χ3n) is 6.40. The maximum absolute atomic E-state index is 2.60. The molecule has 0 aliphatic rings. The minimum absolute atomic E-state index is 1.10. The van der Waals surface area contributed by atoms with Crippen LogP contribution in [0.2, 0.25) is 0 Å². The van der Waals surface area contributed by atoms with Gasteiger partial charge in [-0.3, -0.25) is 0 Å². The Morgan fingerprint density at radius 1 is 0.719 bits per heavy atom. The molecule has 0 atom stereocenters. The normalized spacial score (nSPS) is 11.2. The molecule has 1 aromatic heterocycles. The molecule has 0 spiro atoms. The summed E-state index contributed by atoms with van der Waals surface area (Å²) in [6.45, 7) is 15.8. The van der Waals surface area contributed by atoms with Crippen LogP contribution < -0.4 is 14.4 Å². The van der Waals surface area contributed by atoms with Gasteiger partial charge in [0.1, 0.15) is 7.05 Å². The number of benzene rings is 2. The second kappa shape index (κ2) is 11.4. The molecular weight excluding hydrogens is 390 g/mol. The number of aromatic nitrogens is 1. The summed E-state index contributed by atoms with van der Waals surface area (Å²) in [7, 11) is 2.20. The van der Waals surface area contributed by atoms with Crippen molar-refractivity contribution in [3.63, 3.8) is 0 Å². The van der Waals surface area contributed by atoms with Crippen LogP contribution in [0.25, 0.3) is 22.2 Å².